The topological polar surface area (TPSA) is 58.2 Å². The summed E-state index contributed by atoms with van der Waals surface area (Å²) in [6.45, 7) is 2.46. The molecule has 0 heterocycles. The number of hydrogen-bond donors (Lipinski definition) is 2. The minimum Gasteiger partial charge on any atom is -0.352 e. The molecule has 0 aliphatic heterocycles. The maximum atomic E-state index is 12.4. The highest BCUT2D eigenvalue weighted by molar-refractivity contribution is 6.05. The zero-order valence-corrected chi connectivity index (χ0v) is 15.2. The van der Waals surface area contributed by atoms with Gasteiger partial charge in [-0.25, -0.2) is 0 Å². The van der Waals surface area contributed by atoms with E-state index in [4.69, 9.17) is 0 Å². The number of anilines is 1. The van der Waals surface area contributed by atoms with Gasteiger partial charge in [-0.05, 0) is 48.7 Å². The Balaban J connectivity index is 1.63. The van der Waals surface area contributed by atoms with Gasteiger partial charge in [0.2, 0.25) is 0 Å². The van der Waals surface area contributed by atoms with Crippen molar-refractivity contribution in [2.75, 3.05) is 11.9 Å². The lowest BCUT2D eigenvalue weighted by atomic mass is 10.1. The molecule has 3 rings (SSSR count). The fourth-order valence-corrected chi connectivity index (χ4v) is 2.75. The second kappa shape index (κ2) is 8.81. The van der Waals surface area contributed by atoms with Crippen molar-refractivity contribution in [2.24, 2.45) is 0 Å². The van der Waals surface area contributed by atoms with E-state index in [1.54, 1.807) is 24.3 Å². The Morgan fingerprint density at radius 3 is 2.15 bits per heavy atom. The van der Waals surface area contributed by atoms with Crippen LogP contribution in [0.4, 0.5) is 5.69 Å². The van der Waals surface area contributed by atoms with Crippen molar-refractivity contribution in [3.8, 4) is 0 Å². The molecule has 0 unspecified atom stereocenters. The summed E-state index contributed by atoms with van der Waals surface area (Å²) < 4.78 is 0. The molecule has 4 nitrogen and oxygen atoms in total. The largest absolute Gasteiger partial charge is 0.352 e. The third-order valence-electron chi connectivity index (χ3n) is 4.33. The number of amides is 2. The lowest BCUT2D eigenvalue weighted by Crippen LogP contribution is -2.26. The maximum absolute atomic E-state index is 12.4. The van der Waals surface area contributed by atoms with Crippen LogP contribution >= 0.6 is 0 Å². The van der Waals surface area contributed by atoms with Crippen molar-refractivity contribution in [3.63, 3.8) is 0 Å². The maximum Gasteiger partial charge on any atom is 0.255 e. The van der Waals surface area contributed by atoms with Crippen LogP contribution in [-0.2, 0) is 6.42 Å². The highest BCUT2D eigenvalue weighted by Gasteiger charge is 2.11. The van der Waals surface area contributed by atoms with Gasteiger partial charge in [-0.2, -0.15) is 0 Å². The average Bonchev–Trinajstić information content (AvgIpc) is 2.71. The predicted molar refractivity (Wildman–Crippen MR) is 108 cm³/mol. The fourth-order valence-electron chi connectivity index (χ4n) is 2.75. The fraction of sp³-hybridized carbons (Fsp3) is 0.130. The summed E-state index contributed by atoms with van der Waals surface area (Å²) in [6.07, 6.45) is 0.774. The molecule has 0 aliphatic carbocycles. The quantitative estimate of drug-likeness (QED) is 0.693. The summed E-state index contributed by atoms with van der Waals surface area (Å²) in [5, 5.41) is 5.81. The third-order valence-corrected chi connectivity index (χ3v) is 4.33. The number of carbonyl (C=O) groups excluding carboxylic acids is 2. The van der Waals surface area contributed by atoms with Gasteiger partial charge in [-0.1, -0.05) is 54.6 Å². The van der Waals surface area contributed by atoms with E-state index in [0.29, 0.717) is 23.4 Å². The molecule has 3 aromatic carbocycles. The van der Waals surface area contributed by atoms with E-state index in [2.05, 4.69) is 10.6 Å². The smallest absolute Gasteiger partial charge is 0.255 e. The molecule has 0 bridgehead atoms. The van der Waals surface area contributed by atoms with Gasteiger partial charge in [0.15, 0.2) is 0 Å². The molecule has 0 saturated carbocycles. The van der Waals surface area contributed by atoms with Crippen LogP contribution in [0.15, 0.2) is 78.9 Å². The average molecular weight is 358 g/mol. The molecule has 136 valence electrons. The molecular weight excluding hydrogens is 336 g/mol. The van der Waals surface area contributed by atoms with E-state index in [-0.39, 0.29) is 11.8 Å². The standard InChI is InChI=1S/C23H22N2O2/c1-17-12-13-20(22(26)24-15-14-18-8-4-2-5-9-18)16-21(17)25-23(27)19-10-6-3-7-11-19/h2-13,16H,14-15H2,1H3,(H,24,26)(H,25,27). The molecule has 2 amide bonds. The van der Waals surface area contributed by atoms with Gasteiger partial charge in [0.25, 0.3) is 11.8 Å². The van der Waals surface area contributed by atoms with Crippen LogP contribution in [-0.4, -0.2) is 18.4 Å². The van der Waals surface area contributed by atoms with E-state index >= 15 is 0 Å². The Bertz CT molecular complexity index is 922. The van der Waals surface area contributed by atoms with Crippen molar-refractivity contribution < 1.29 is 9.59 Å². The van der Waals surface area contributed by atoms with Gasteiger partial charge in [0.05, 0.1) is 0 Å². The van der Waals surface area contributed by atoms with Gasteiger partial charge in [0.1, 0.15) is 0 Å². The summed E-state index contributed by atoms with van der Waals surface area (Å²) in [6, 6.07) is 24.3. The van der Waals surface area contributed by atoms with Crippen LogP contribution < -0.4 is 10.6 Å². The van der Waals surface area contributed by atoms with Gasteiger partial charge in [-0.3, -0.25) is 9.59 Å². The summed E-state index contributed by atoms with van der Waals surface area (Å²) in [7, 11) is 0. The number of rotatable bonds is 6. The van der Waals surface area contributed by atoms with Crippen molar-refractivity contribution >= 4 is 17.5 Å². The van der Waals surface area contributed by atoms with E-state index in [1.165, 1.54) is 5.56 Å². The van der Waals surface area contributed by atoms with E-state index < -0.39 is 0 Å². The molecule has 0 spiro atoms. The van der Waals surface area contributed by atoms with Gasteiger partial charge < -0.3 is 10.6 Å². The van der Waals surface area contributed by atoms with Crippen molar-refractivity contribution in [3.05, 3.63) is 101 Å². The number of benzene rings is 3. The Morgan fingerprint density at radius 2 is 1.44 bits per heavy atom. The molecule has 0 saturated heterocycles. The first kappa shape index (κ1) is 18.4. The number of hydrogen-bond acceptors (Lipinski definition) is 2. The van der Waals surface area contributed by atoms with Crippen LogP contribution in [0, 0.1) is 6.92 Å². The lowest BCUT2D eigenvalue weighted by molar-refractivity contribution is 0.0952. The molecule has 0 fully saturated rings. The van der Waals surface area contributed by atoms with E-state index in [9.17, 15) is 9.59 Å². The lowest BCUT2D eigenvalue weighted by Gasteiger charge is -2.11. The zero-order chi connectivity index (χ0) is 19.1. The normalized spacial score (nSPS) is 10.3. The third kappa shape index (κ3) is 5.05. The van der Waals surface area contributed by atoms with Gasteiger partial charge >= 0.3 is 0 Å². The van der Waals surface area contributed by atoms with Crippen molar-refractivity contribution in [1.29, 1.82) is 0 Å². The van der Waals surface area contributed by atoms with Gasteiger partial charge in [-0.15, -0.1) is 0 Å². The predicted octanol–water partition coefficient (Wildman–Crippen LogP) is 4.22. The van der Waals surface area contributed by atoms with Gasteiger partial charge in [0, 0.05) is 23.4 Å². The highest BCUT2D eigenvalue weighted by Crippen LogP contribution is 2.18. The summed E-state index contributed by atoms with van der Waals surface area (Å²) in [5.41, 5.74) is 3.82. The minimum absolute atomic E-state index is 0.152. The summed E-state index contributed by atoms with van der Waals surface area (Å²) in [4.78, 5) is 24.8. The van der Waals surface area contributed by atoms with Crippen LogP contribution in [0.5, 0.6) is 0 Å². The Labute approximate surface area is 159 Å². The number of aryl methyl sites for hydroxylation is 1. The molecule has 0 aromatic heterocycles. The monoisotopic (exact) mass is 358 g/mol. The summed E-state index contributed by atoms with van der Waals surface area (Å²) in [5.74, 6) is -0.346. The Hall–Kier alpha value is -3.40. The molecule has 2 N–H and O–H groups in total. The minimum atomic E-state index is -0.194. The SMILES string of the molecule is Cc1ccc(C(=O)NCCc2ccccc2)cc1NC(=O)c1ccccc1. The second-order valence-corrected chi connectivity index (χ2v) is 6.34. The Morgan fingerprint density at radius 1 is 0.778 bits per heavy atom. The molecular formula is C23H22N2O2. The zero-order valence-electron chi connectivity index (χ0n) is 15.2. The highest BCUT2D eigenvalue weighted by atomic mass is 16.2. The Kier molecular flexibility index (Phi) is 6.00. The van der Waals surface area contributed by atoms with Crippen LogP contribution in [0.3, 0.4) is 0 Å². The van der Waals surface area contributed by atoms with Crippen LogP contribution in [0.2, 0.25) is 0 Å². The molecule has 0 atom stereocenters. The van der Waals surface area contributed by atoms with Crippen LogP contribution in [0.25, 0.3) is 0 Å². The molecule has 0 radical (unpaired) electrons. The van der Waals surface area contributed by atoms with E-state index in [1.807, 2.05) is 61.5 Å². The van der Waals surface area contributed by atoms with E-state index in [0.717, 1.165) is 12.0 Å². The molecule has 0 aliphatic rings. The molecule has 27 heavy (non-hydrogen) atoms. The first-order valence-corrected chi connectivity index (χ1v) is 8.92. The molecule has 4 heteroatoms. The number of nitrogens with one attached hydrogen (secondary N) is 2. The van der Waals surface area contributed by atoms with Crippen molar-refractivity contribution in [2.45, 2.75) is 13.3 Å². The first-order chi connectivity index (χ1) is 13.1. The second-order valence-electron chi connectivity index (χ2n) is 6.34. The molecule has 3 aromatic rings. The van der Waals surface area contributed by atoms with Crippen molar-refractivity contribution in [1.82, 2.24) is 5.32 Å². The van der Waals surface area contributed by atoms with Crippen LogP contribution in [0.1, 0.15) is 31.8 Å². The summed E-state index contributed by atoms with van der Waals surface area (Å²) >= 11 is 0. The number of carbonyl (C=O) groups is 2. The first-order valence-electron chi connectivity index (χ1n) is 8.92.